The van der Waals surface area contributed by atoms with Gasteiger partial charge in [-0.1, -0.05) is 0 Å². The predicted molar refractivity (Wildman–Crippen MR) is 65.3 cm³/mol. The Balaban J connectivity index is 2.87. The summed E-state index contributed by atoms with van der Waals surface area (Å²) in [6.45, 7) is 1.31. The van der Waals surface area contributed by atoms with Gasteiger partial charge in [-0.25, -0.2) is 4.79 Å². The number of aromatic nitrogens is 1. The van der Waals surface area contributed by atoms with E-state index in [0.717, 1.165) is 0 Å². The first-order valence-electron chi connectivity index (χ1n) is 5.25. The van der Waals surface area contributed by atoms with E-state index < -0.39 is 5.97 Å². The molecule has 0 saturated carbocycles. The van der Waals surface area contributed by atoms with Gasteiger partial charge in [0.15, 0.2) is 5.78 Å². The lowest BCUT2D eigenvalue weighted by Crippen LogP contribution is -2.08. The molecule has 1 N–H and O–H groups in total. The smallest absolute Gasteiger partial charge is 0.337 e. The minimum Gasteiger partial charge on any atom is -0.497 e. The number of benzene rings is 1. The van der Waals surface area contributed by atoms with Crippen LogP contribution in [0.2, 0.25) is 0 Å². The molecule has 0 amide bonds. The summed E-state index contributed by atoms with van der Waals surface area (Å²) in [4.78, 5) is 26.8. The lowest BCUT2D eigenvalue weighted by Gasteiger charge is -2.08. The average Bonchev–Trinajstić information content (AvgIpc) is 2.36. The van der Waals surface area contributed by atoms with Crippen LogP contribution in [0.25, 0.3) is 10.9 Å². The maximum atomic E-state index is 11.4. The summed E-state index contributed by atoms with van der Waals surface area (Å²) in [5.74, 6) is -0.960. The molecule has 0 spiro atoms. The molecule has 0 aliphatic heterocycles. The highest BCUT2D eigenvalue weighted by Crippen LogP contribution is 2.25. The molecule has 18 heavy (non-hydrogen) atoms. The number of aromatic carboxylic acids is 1. The number of ether oxygens (including phenoxy) is 1. The Bertz CT molecular complexity index is 649. The highest BCUT2D eigenvalue weighted by Gasteiger charge is 2.18. The second-order valence-corrected chi connectivity index (χ2v) is 3.79. The van der Waals surface area contributed by atoms with Crippen molar-refractivity contribution in [3.05, 3.63) is 35.5 Å². The van der Waals surface area contributed by atoms with Gasteiger partial charge < -0.3 is 9.84 Å². The highest BCUT2D eigenvalue weighted by atomic mass is 16.5. The van der Waals surface area contributed by atoms with E-state index in [-0.39, 0.29) is 16.9 Å². The van der Waals surface area contributed by atoms with Crippen LogP contribution in [-0.4, -0.2) is 29.0 Å². The van der Waals surface area contributed by atoms with Crippen molar-refractivity contribution in [2.24, 2.45) is 0 Å². The van der Waals surface area contributed by atoms with Crippen LogP contribution in [0.5, 0.6) is 5.75 Å². The molecule has 0 fully saturated rings. The van der Waals surface area contributed by atoms with Crippen molar-refractivity contribution >= 4 is 22.7 Å². The summed E-state index contributed by atoms with van der Waals surface area (Å²) in [6, 6.07) is 4.91. The molecule has 5 nitrogen and oxygen atoms in total. The van der Waals surface area contributed by atoms with Crippen molar-refractivity contribution < 1.29 is 19.4 Å². The van der Waals surface area contributed by atoms with Gasteiger partial charge in [0, 0.05) is 11.6 Å². The number of fused-ring (bicyclic) bond motifs is 1. The third-order valence-corrected chi connectivity index (χ3v) is 2.67. The Morgan fingerprint density at radius 3 is 2.61 bits per heavy atom. The number of hydrogen-bond donors (Lipinski definition) is 1. The Kier molecular flexibility index (Phi) is 2.97. The highest BCUT2D eigenvalue weighted by molar-refractivity contribution is 6.12. The number of carbonyl (C=O) groups is 2. The van der Waals surface area contributed by atoms with Crippen molar-refractivity contribution in [2.45, 2.75) is 6.92 Å². The summed E-state index contributed by atoms with van der Waals surface area (Å²) in [7, 11) is 1.49. The van der Waals surface area contributed by atoms with Gasteiger partial charge in [-0.15, -0.1) is 0 Å². The van der Waals surface area contributed by atoms with E-state index in [1.807, 2.05) is 0 Å². The minimum absolute atomic E-state index is 0.0357. The van der Waals surface area contributed by atoms with E-state index in [1.165, 1.54) is 20.2 Å². The van der Waals surface area contributed by atoms with Crippen molar-refractivity contribution in [3.8, 4) is 5.75 Å². The molecule has 2 rings (SSSR count). The summed E-state index contributed by atoms with van der Waals surface area (Å²) in [5.41, 5.74) is 0.577. The quantitative estimate of drug-likeness (QED) is 0.838. The topological polar surface area (TPSA) is 76.5 Å². The summed E-state index contributed by atoms with van der Waals surface area (Å²) < 4.78 is 5.05. The van der Waals surface area contributed by atoms with Gasteiger partial charge >= 0.3 is 5.97 Å². The molecule has 5 heteroatoms. The maximum absolute atomic E-state index is 11.4. The summed E-state index contributed by atoms with van der Waals surface area (Å²) in [5, 5.41) is 9.65. The van der Waals surface area contributed by atoms with Crippen LogP contribution >= 0.6 is 0 Å². The van der Waals surface area contributed by atoms with E-state index >= 15 is 0 Å². The van der Waals surface area contributed by atoms with Gasteiger partial charge in [-0.2, -0.15) is 0 Å². The Hall–Kier alpha value is -2.43. The SMILES string of the molecule is COc1ccc2ncc(C(C)=O)c(C(=O)O)c2c1. The van der Waals surface area contributed by atoms with E-state index in [1.54, 1.807) is 18.2 Å². The predicted octanol–water partition coefficient (Wildman–Crippen LogP) is 2.14. The first-order valence-corrected chi connectivity index (χ1v) is 5.25. The molecule has 0 aliphatic carbocycles. The third kappa shape index (κ3) is 1.90. The number of hydrogen-bond acceptors (Lipinski definition) is 4. The number of pyridine rings is 1. The van der Waals surface area contributed by atoms with Gasteiger partial charge in [0.2, 0.25) is 0 Å². The van der Waals surface area contributed by atoms with Crippen LogP contribution in [0.15, 0.2) is 24.4 Å². The average molecular weight is 245 g/mol. The molecule has 92 valence electrons. The number of carbonyl (C=O) groups excluding carboxylic acids is 1. The fourth-order valence-electron chi connectivity index (χ4n) is 1.80. The Morgan fingerprint density at radius 1 is 1.33 bits per heavy atom. The number of nitrogens with zero attached hydrogens (tertiary/aromatic N) is 1. The molecular weight excluding hydrogens is 234 g/mol. The van der Waals surface area contributed by atoms with Gasteiger partial charge in [0.1, 0.15) is 5.75 Å². The standard InChI is InChI=1S/C13H11NO4/c1-7(15)10-6-14-11-4-3-8(18-2)5-9(11)12(10)13(16)17/h3-6H,1-2H3,(H,16,17). The molecule has 0 bridgehead atoms. The normalized spacial score (nSPS) is 10.3. The number of Topliss-reactive ketones (excluding diaryl/α,β-unsaturated/α-hetero) is 1. The van der Waals surface area contributed by atoms with E-state index in [2.05, 4.69) is 4.98 Å². The van der Waals surface area contributed by atoms with Crippen LogP contribution in [0.1, 0.15) is 27.6 Å². The number of carboxylic acid groups (broad SMARTS) is 1. The number of ketones is 1. The molecule has 0 atom stereocenters. The first-order chi connectivity index (χ1) is 8.54. The van der Waals surface area contributed by atoms with Crippen LogP contribution in [0, 0.1) is 0 Å². The first kappa shape index (κ1) is 12.0. The molecule has 1 heterocycles. The van der Waals surface area contributed by atoms with Gasteiger partial charge in [0.25, 0.3) is 0 Å². The molecule has 1 aromatic carbocycles. The number of rotatable bonds is 3. The zero-order valence-corrected chi connectivity index (χ0v) is 9.93. The summed E-state index contributed by atoms with van der Waals surface area (Å²) >= 11 is 0. The van der Waals surface area contributed by atoms with Crippen LogP contribution in [-0.2, 0) is 0 Å². The zero-order chi connectivity index (χ0) is 13.3. The van der Waals surface area contributed by atoms with Crippen molar-refractivity contribution in [1.82, 2.24) is 4.98 Å². The fraction of sp³-hybridized carbons (Fsp3) is 0.154. The van der Waals surface area contributed by atoms with Gasteiger partial charge in [-0.05, 0) is 25.1 Å². The van der Waals surface area contributed by atoms with Crippen molar-refractivity contribution in [3.63, 3.8) is 0 Å². The van der Waals surface area contributed by atoms with E-state index in [0.29, 0.717) is 16.7 Å². The monoisotopic (exact) mass is 245 g/mol. The second-order valence-electron chi connectivity index (χ2n) is 3.79. The molecule has 0 radical (unpaired) electrons. The molecule has 1 aromatic heterocycles. The lowest BCUT2D eigenvalue weighted by atomic mass is 10.0. The van der Waals surface area contributed by atoms with E-state index in [9.17, 15) is 14.7 Å². The van der Waals surface area contributed by atoms with Gasteiger partial charge in [-0.3, -0.25) is 9.78 Å². The Morgan fingerprint density at radius 2 is 2.06 bits per heavy atom. The molecule has 0 aliphatic rings. The van der Waals surface area contributed by atoms with E-state index in [4.69, 9.17) is 4.74 Å². The Labute approximate surface area is 103 Å². The van der Waals surface area contributed by atoms with Gasteiger partial charge in [0.05, 0.1) is 23.8 Å². The maximum Gasteiger partial charge on any atom is 0.337 e. The molecule has 0 saturated heterocycles. The fourth-order valence-corrected chi connectivity index (χ4v) is 1.80. The molecule has 0 unspecified atom stereocenters. The third-order valence-electron chi connectivity index (χ3n) is 2.67. The molecular formula is C13H11NO4. The van der Waals surface area contributed by atoms with Crippen LogP contribution < -0.4 is 4.74 Å². The number of methoxy groups -OCH3 is 1. The minimum atomic E-state index is -1.15. The zero-order valence-electron chi connectivity index (χ0n) is 9.93. The van der Waals surface area contributed by atoms with Crippen LogP contribution in [0.4, 0.5) is 0 Å². The lowest BCUT2D eigenvalue weighted by molar-refractivity contribution is 0.0694. The largest absolute Gasteiger partial charge is 0.497 e. The van der Waals surface area contributed by atoms with Crippen molar-refractivity contribution in [2.75, 3.05) is 7.11 Å². The molecule has 2 aromatic rings. The van der Waals surface area contributed by atoms with Crippen LogP contribution in [0.3, 0.4) is 0 Å². The number of carboxylic acids is 1. The van der Waals surface area contributed by atoms with Crippen molar-refractivity contribution in [1.29, 1.82) is 0 Å². The summed E-state index contributed by atoms with van der Waals surface area (Å²) in [6.07, 6.45) is 1.29. The second kappa shape index (κ2) is 4.44.